The second kappa shape index (κ2) is 35.9. The first-order valence-corrected chi connectivity index (χ1v) is 22.6. The highest BCUT2D eigenvalue weighted by Crippen LogP contribution is 2.44. The van der Waals surface area contributed by atoms with Gasteiger partial charge in [0.15, 0.2) is 0 Å². The van der Waals surface area contributed by atoms with Crippen molar-refractivity contribution in [1.29, 1.82) is 0 Å². The van der Waals surface area contributed by atoms with Crippen LogP contribution < -0.4 is 0 Å². The van der Waals surface area contributed by atoms with Crippen LogP contribution in [-0.4, -0.2) is 49.3 Å². The van der Waals surface area contributed by atoms with Gasteiger partial charge in [0.25, 0.3) is 0 Å². The summed E-state index contributed by atoms with van der Waals surface area (Å²) in [6.45, 7) is 20.3. The smallest absolute Gasteiger partial charge is 0.326 e. The minimum absolute atomic E-state index is 0.316. The van der Waals surface area contributed by atoms with Gasteiger partial charge < -0.3 is 9.38 Å². The molecule has 0 saturated heterocycles. The van der Waals surface area contributed by atoms with E-state index in [1.54, 1.807) is 0 Å². The first-order valence-electron chi connectivity index (χ1n) is 21.1. The van der Waals surface area contributed by atoms with Crippen LogP contribution >= 0.6 is 7.82 Å². The van der Waals surface area contributed by atoms with Gasteiger partial charge in [0.05, 0.1) is 39.9 Å². The van der Waals surface area contributed by atoms with Crippen molar-refractivity contribution in [3.63, 3.8) is 0 Å². The van der Waals surface area contributed by atoms with Gasteiger partial charge >= 0.3 is 7.82 Å². The molecule has 1 N–H and O–H groups in total. The number of nitrogens with zero attached hydrogens (tertiary/aromatic N) is 1. The second-order valence-electron chi connectivity index (χ2n) is 15.0. The molecule has 0 aliphatic carbocycles. The normalized spacial score (nSPS) is 14.4. The molecule has 0 spiro atoms. The summed E-state index contributed by atoms with van der Waals surface area (Å²) in [7, 11) is -1.33. The Bertz CT molecular complexity index is 597. The van der Waals surface area contributed by atoms with Gasteiger partial charge in [-0.1, -0.05) is 164 Å². The lowest BCUT2D eigenvalue weighted by atomic mass is 10.0. The van der Waals surface area contributed by atoms with Crippen molar-refractivity contribution in [2.24, 2.45) is 11.8 Å². The molecule has 6 heteroatoms. The topological polar surface area (TPSA) is 55.8 Å². The highest BCUT2D eigenvalue weighted by Gasteiger charge is 2.24. The lowest BCUT2D eigenvalue weighted by Crippen LogP contribution is -2.46. The summed E-state index contributed by atoms with van der Waals surface area (Å²) in [6.07, 6.45) is 34.4. The lowest BCUT2D eigenvalue weighted by Gasteiger charge is -2.35. The molecule has 5 nitrogen and oxygen atoms in total. The molecule has 0 bridgehead atoms. The maximum Gasteiger partial charge on any atom is 0.472 e. The number of unbranched alkanes of at least 4 members (excludes halogenated alkanes) is 17. The van der Waals surface area contributed by atoms with E-state index in [4.69, 9.17) is 9.05 Å². The minimum Gasteiger partial charge on any atom is -0.326 e. The fourth-order valence-corrected chi connectivity index (χ4v) is 7.26. The fraction of sp³-hybridized carbons (Fsp3) is 1.00. The van der Waals surface area contributed by atoms with Crippen LogP contribution in [-0.2, 0) is 13.6 Å². The van der Waals surface area contributed by atoms with E-state index < -0.39 is 7.82 Å². The van der Waals surface area contributed by atoms with E-state index in [0.29, 0.717) is 25.0 Å². The molecule has 0 aliphatic heterocycles. The second-order valence-corrected chi connectivity index (χ2v) is 16.4. The lowest BCUT2D eigenvalue weighted by molar-refractivity contribution is -0.910. The van der Waals surface area contributed by atoms with Crippen molar-refractivity contribution in [2.45, 2.75) is 215 Å². The number of hydrogen-bond acceptors (Lipinski definition) is 3. The molecule has 0 aromatic heterocycles. The van der Waals surface area contributed by atoms with Gasteiger partial charge in [-0.25, -0.2) is 4.57 Å². The molecule has 2 atom stereocenters. The average Bonchev–Trinajstić information content (AvgIpc) is 3.06. The Kier molecular flexibility index (Phi) is 37.5. The molecular formula is C41H89NO4P+. The maximum atomic E-state index is 11.9. The van der Waals surface area contributed by atoms with E-state index in [-0.39, 0.29) is 0 Å². The Morgan fingerprint density at radius 2 is 0.745 bits per heavy atom. The van der Waals surface area contributed by atoms with Crippen LogP contribution in [0.25, 0.3) is 0 Å². The SMILES string of the molecule is CCCCC(CC)COP(=O)(O)OCC(CC)CCCC.CCCCCCCC[N+](C)(CCCCCCCC)CCCCCCCC. The molecule has 0 amide bonds. The Labute approximate surface area is 297 Å². The molecule has 0 aromatic carbocycles. The minimum atomic E-state index is -3.89. The van der Waals surface area contributed by atoms with Crippen molar-refractivity contribution in [1.82, 2.24) is 0 Å². The van der Waals surface area contributed by atoms with Crippen molar-refractivity contribution in [3.8, 4) is 0 Å². The zero-order chi connectivity index (χ0) is 35.5. The molecule has 0 fully saturated rings. The van der Waals surface area contributed by atoms with Crippen LogP contribution in [0.2, 0.25) is 0 Å². The average molecular weight is 691 g/mol. The standard InChI is InChI=1S/C25H54N.C16H35O4P/c1-5-8-11-14-17-20-23-26(4,24-21-18-15-12-9-6-2)25-22-19-16-13-10-7-3;1-5-9-11-15(7-3)13-19-21(17,18)20-14-16(8-4)12-10-6-2/h5-25H2,1-4H3;15-16H,5-14H2,1-4H3,(H,17,18)/q+1;. The largest absolute Gasteiger partial charge is 0.472 e. The van der Waals surface area contributed by atoms with Crippen molar-refractivity contribution in [3.05, 3.63) is 0 Å². The van der Waals surface area contributed by atoms with Gasteiger partial charge in [-0.05, 0) is 63.2 Å². The maximum absolute atomic E-state index is 11.9. The van der Waals surface area contributed by atoms with E-state index in [9.17, 15) is 9.46 Å². The summed E-state index contributed by atoms with van der Waals surface area (Å²) in [5.74, 6) is 0.687. The highest BCUT2D eigenvalue weighted by atomic mass is 31.2. The van der Waals surface area contributed by atoms with Crippen molar-refractivity contribution in [2.75, 3.05) is 39.9 Å². The molecule has 0 aromatic rings. The zero-order valence-corrected chi connectivity index (χ0v) is 34.5. The summed E-state index contributed by atoms with van der Waals surface area (Å²) >= 11 is 0. The Balaban J connectivity index is 0. The number of quaternary nitrogens is 1. The monoisotopic (exact) mass is 691 g/mol. The summed E-state index contributed by atoms with van der Waals surface area (Å²) in [5, 5.41) is 0. The number of phosphoric ester groups is 1. The molecule has 286 valence electrons. The molecule has 0 heterocycles. The van der Waals surface area contributed by atoms with Crippen molar-refractivity contribution >= 4 is 7.82 Å². The van der Waals surface area contributed by atoms with E-state index in [1.807, 2.05) is 0 Å². The molecule has 0 saturated carbocycles. The van der Waals surface area contributed by atoms with Crippen LogP contribution in [0.15, 0.2) is 0 Å². The molecule has 47 heavy (non-hydrogen) atoms. The number of hydrogen-bond donors (Lipinski definition) is 1. The van der Waals surface area contributed by atoms with Crippen LogP contribution in [0.3, 0.4) is 0 Å². The molecule has 2 unspecified atom stereocenters. The third-order valence-corrected chi connectivity index (χ3v) is 11.1. The fourth-order valence-electron chi connectivity index (χ4n) is 6.39. The molecule has 0 aliphatic rings. The number of phosphoric acid groups is 1. The van der Waals surface area contributed by atoms with Gasteiger partial charge in [0.1, 0.15) is 0 Å². The first-order chi connectivity index (χ1) is 22.7. The van der Waals surface area contributed by atoms with Crippen LogP contribution in [0, 0.1) is 11.8 Å². The van der Waals surface area contributed by atoms with E-state index in [2.05, 4.69) is 55.5 Å². The predicted molar refractivity (Wildman–Crippen MR) is 209 cm³/mol. The van der Waals surface area contributed by atoms with E-state index in [0.717, 1.165) is 51.4 Å². The van der Waals surface area contributed by atoms with Gasteiger partial charge in [-0.15, -0.1) is 0 Å². The van der Waals surface area contributed by atoms with Crippen LogP contribution in [0.5, 0.6) is 0 Å². The number of rotatable bonds is 35. The summed E-state index contributed by atoms with van der Waals surface area (Å²) < 4.78 is 23.6. The Morgan fingerprint density at radius 1 is 0.468 bits per heavy atom. The first kappa shape index (κ1) is 49.2. The molecule has 0 radical (unpaired) electrons. The van der Waals surface area contributed by atoms with Crippen LogP contribution in [0.4, 0.5) is 0 Å². The van der Waals surface area contributed by atoms with Gasteiger partial charge in [0, 0.05) is 0 Å². The van der Waals surface area contributed by atoms with Crippen LogP contribution in [0.1, 0.15) is 215 Å². The zero-order valence-electron chi connectivity index (χ0n) is 33.6. The van der Waals surface area contributed by atoms with E-state index >= 15 is 0 Å². The Hall–Kier alpha value is 0.0700. The van der Waals surface area contributed by atoms with Gasteiger partial charge in [-0.3, -0.25) is 9.05 Å². The van der Waals surface area contributed by atoms with Crippen molar-refractivity contribution < 1.29 is 23.0 Å². The quantitative estimate of drug-likeness (QED) is 0.0408. The summed E-state index contributed by atoms with van der Waals surface area (Å²) in [6, 6.07) is 0. The molecule has 0 rings (SSSR count). The van der Waals surface area contributed by atoms with Gasteiger partial charge in [0.2, 0.25) is 0 Å². The third-order valence-electron chi connectivity index (χ3n) is 10.2. The predicted octanol–water partition coefficient (Wildman–Crippen LogP) is 14.1. The van der Waals surface area contributed by atoms with E-state index in [1.165, 1.54) is 140 Å². The summed E-state index contributed by atoms with van der Waals surface area (Å²) in [5.41, 5.74) is 0. The van der Waals surface area contributed by atoms with Gasteiger partial charge in [-0.2, -0.15) is 0 Å². The summed E-state index contributed by atoms with van der Waals surface area (Å²) in [4.78, 5) is 9.77. The highest BCUT2D eigenvalue weighted by molar-refractivity contribution is 7.47. The third kappa shape index (κ3) is 34.3. The molecular weight excluding hydrogens is 601 g/mol. The Morgan fingerprint density at radius 3 is 1.02 bits per heavy atom.